The average Bonchev–Trinajstić information content (AvgIpc) is 2.30. The van der Waals surface area contributed by atoms with E-state index in [0.717, 1.165) is 18.1 Å². The third-order valence-electron chi connectivity index (χ3n) is 1.93. The summed E-state index contributed by atoms with van der Waals surface area (Å²) in [6.45, 7) is 7.01. The second-order valence-electron chi connectivity index (χ2n) is 4.53. The fourth-order valence-electron chi connectivity index (χ4n) is 1.20. The molecule has 13 heavy (non-hydrogen) atoms. The van der Waals surface area contributed by atoms with Crippen molar-refractivity contribution in [3.8, 4) is 0 Å². The fourth-order valence-corrected chi connectivity index (χ4v) is 1.20. The van der Waals surface area contributed by atoms with E-state index in [9.17, 15) is 0 Å². The predicted molar refractivity (Wildman–Crippen MR) is 52.1 cm³/mol. The number of hydrogen-bond acceptors (Lipinski definition) is 3. The molecule has 0 atom stereocenters. The topological polar surface area (TPSA) is 56.7 Å². The third kappa shape index (κ3) is 2.52. The molecule has 1 aromatic rings. The van der Waals surface area contributed by atoms with Crippen LogP contribution in [0.5, 0.6) is 0 Å². The molecule has 0 aromatic carbocycles. The van der Waals surface area contributed by atoms with Crippen LogP contribution >= 0.6 is 0 Å². The number of nitrogens with zero attached hydrogens (tertiary/aromatic N) is 3. The van der Waals surface area contributed by atoms with Gasteiger partial charge in [-0.15, -0.1) is 10.2 Å². The summed E-state index contributed by atoms with van der Waals surface area (Å²) in [6.07, 6.45) is 0.927. The summed E-state index contributed by atoms with van der Waals surface area (Å²) >= 11 is 0. The standard InChI is InChI=1S/C9H18N4/c1-9(2,3)5-7-11-12-8(6-10)13(7)4/h5-6,10H2,1-4H3. The molecule has 1 heterocycles. The lowest BCUT2D eigenvalue weighted by atomic mass is 9.92. The van der Waals surface area contributed by atoms with Crippen LogP contribution in [0, 0.1) is 5.41 Å². The van der Waals surface area contributed by atoms with Crippen molar-refractivity contribution < 1.29 is 0 Å². The second-order valence-corrected chi connectivity index (χ2v) is 4.53. The van der Waals surface area contributed by atoms with Gasteiger partial charge in [-0.05, 0) is 5.41 Å². The Bertz CT molecular complexity index is 282. The molecule has 4 nitrogen and oxygen atoms in total. The lowest BCUT2D eigenvalue weighted by molar-refractivity contribution is 0.394. The largest absolute Gasteiger partial charge is 0.324 e. The lowest BCUT2D eigenvalue weighted by Gasteiger charge is -2.16. The van der Waals surface area contributed by atoms with Gasteiger partial charge in [-0.1, -0.05) is 20.8 Å². The SMILES string of the molecule is Cn1c(CN)nnc1CC(C)(C)C. The maximum Gasteiger partial charge on any atom is 0.146 e. The molecule has 0 aliphatic carbocycles. The van der Waals surface area contributed by atoms with Gasteiger partial charge >= 0.3 is 0 Å². The summed E-state index contributed by atoms with van der Waals surface area (Å²) in [5.41, 5.74) is 5.75. The Balaban J connectivity index is 2.84. The minimum Gasteiger partial charge on any atom is -0.324 e. The summed E-state index contributed by atoms with van der Waals surface area (Å²) in [6, 6.07) is 0. The van der Waals surface area contributed by atoms with Gasteiger partial charge in [0.2, 0.25) is 0 Å². The molecule has 0 fully saturated rings. The van der Waals surface area contributed by atoms with Crippen LogP contribution in [0.3, 0.4) is 0 Å². The zero-order valence-corrected chi connectivity index (χ0v) is 8.83. The number of rotatable bonds is 2. The second kappa shape index (κ2) is 3.46. The van der Waals surface area contributed by atoms with Gasteiger partial charge in [0.15, 0.2) is 0 Å². The van der Waals surface area contributed by atoms with Gasteiger partial charge in [0.1, 0.15) is 11.6 Å². The van der Waals surface area contributed by atoms with Gasteiger partial charge in [-0.2, -0.15) is 0 Å². The third-order valence-corrected chi connectivity index (χ3v) is 1.93. The maximum absolute atomic E-state index is 5.50. The van der Waals surface area contributed by atoms with E-state index in [4.69, 9.17) is 5.73 Å². The Morgan fingerprint density at radius 1 is 1.23 bits per heavy atom. The quantitative estimate of drug-likeness (QED) is 0.738. The summed E-state index contributed by atoms with van der Waals surface area (Å²) < 4.78 is 1.98. The summed E-state index contributed by atoms with van der Waals surface area (Å²) in [5, 5.41) is 8.11. The van der Waals surface area contributed by atoms with Crippen molar-refractivity contribution in [1.82, 2.24) is 14.8 Å². The zero-order valence-electron chi connectivity index (χ0n) is 8.83. The highest BCUT2D eigenvalue weighted by molar-refractivity contribution is 4.96. The van der Waals surface area contributed by atoms with E-state index in [1.54, 1.807) is 0 Å². The van der Waals surface area contributed by atoms with Gasteiger partial charge in [0.25, 0.3) is 0 Å². The highest BCUT2D eigenvalue weighted by atomic mass is 15.3. The molecule has 0 aliphatic heterocycles. The minimum absolute atomic E-state index is 0.243. The molecular formula is C9H18N4. The van der Waals surface area contributed by atoms with Crippen molar-refractivity contribution in [3.05, 3.63) is 11.6 Å². The van der Waals surface area contributed by atoms with E-state index in [-0.39, 0.29) is 5.41 Å². The van der Waals surface area contributed by atoms with Gasteiger partial charge < -0.3 is 10.3 Å². The molecule has 0 saturated heterocycles. The Kier molecular flexibility index (Phi) is 2.71. The molecule has 0 aliphatic rings. The van der Waals surface area contributed by atoms with Crippen LogP contribution in [0.15, 0.2) is 0 Å². The van der Waals surface area contributed by atoms with Crippen molar-refractivity contribution >= 4 is 0 Å². The first-order chi connectivity index (χ1) is 5.94. The molecule has 74 valence electrons. The normalized spacial score (nSPS) is 12.1. The highest BCUT2D eigenvalue weighted by Gasteiger charge is 2.16. The van der Waals surface area contributed by atoms with E-state index in [1.165, 1.54) is 0 Å². The molecule has 0 saturated carbocycles. The van der Waals surface area contributed by atoms with Crippen molar-refractivity contribution in [2.45, 2.75) is 33.7 Å². The van der Waals surface area contributed by atoms with Gasteiger partial charge in [0, 0.05) is 13.5 Å². The van der Waals surface area contributed by atoms with Crippen molar-refractivity contribution in [2.24, 2.45) is 18.2 Å². The van der Waals surface area contributed by atoms with Gasteiger partial charge in [0.05, 0.1) is 6.54 Å². The summed E-state index contributed by atoms with van der Waals surface area (Å²) in [4.78, 5) is 0. The van der Waals surface area contributed by atoms with Gasteiger partial charge in [-0.3, -0.25) is 0 Å². The molecule has 0 amide bonds. The van der Waals surface area contributed by atoms with Crippen LogP contribution in [0.2, 0.25) is 0 Å². The molecule has 1 rings (SSSR count). The molecule has 0 radical (unpaired) electrons. The maximum atomic E-state index is 5.50. The first-order valence-corrected chi connectivity index (χ1v) is 4.51. The Labute approximate surface area is 79.2 Å². The van der Waals surface area contributed by atoms with E-state index < -0.39 is 0 Å². The van der Waals surface area contributed by atoms with Crippen LogP contribution in [0.25, 0.3) is 0 Å². The molecule has 0 spiro atoms. The van der Waals surface area contributed by atoms with Crippen LogP contribution in [0.4, 0.5) is 0 Å². The molecule has 0 bridgehead atoms. The molecule has 2 N–H and O–H groups in total. The average molecular weight is 182 g/mol. The Morgan fingerprint density at radius 2 is 1.77 bits per heavy atom. The molecule has 1 aromatic heterocycles. The number of nitrogens with two attached hydrogens (primary N) is 1. The predicted octanol–water partition coefficient (Wildman–Crippen LogP) is 0.862. The molecule has 4 heteroatoms. The smallest absolute Gasteiger partial charge is 0.146 e. The monoisotopic (exact) mass is 182 g/mol. The first-order valence-electron chi connectivity index (χ1n) is 4.51. The lowest BCUT2D eigenvalue weighted by Crippen LogP contribution is -2.14. The van der Waals surface area contributed by atoms with Gasteiger partial charge in [-0.25, -0.2) is 0 Å². The van der Waals surface area contributed by atoms with Crippen molar-refractivity contribution in [1.29, 1.82) is 0 Å². The minimum atomic E-state index is 0.243. The molecule has 0 unspecified atom stereocenters. The van der Waals surface area contributed by atoms with Crippen LogP contribution in [0.1, 0.15) is 32.4 Å². The van der Waals surface area contributed by atoms with Crippen molar-refractivity contribution in [3.63, 3.8) is 0 Å². The Hall–Kier alpha value is -0.900. The number of hydrogen-bond donors (Lipinski definition) is 1. The number of aromatic nitrogens is 3. The van der Waals surface area contributed by atoms with Crippen LogP contribution in [-0.2, 0) is 20.0 Å². The fraction of sp³-hybridized carbons (Fsp3) is 0.778. The Morgan fingerprint density at radius 3 is 2.15 bits per heavy atom. The summed E-state index contributed by atoms with van der Waals surface area (Å²) in [5.74, 6) is 1.85. The van der Waals surface area contributed by atoms with E-state index in [0.29, 0.717) is 6.54 Å². The zero-order chi connectivity index (χ0) is 10.1. The van der Waals surface area contributed by atoms with Crippen molar-refractivity contribution in [2.75, 3.05) is 0 Å². The first kappa shape index (κ1) is 10.2. The summed E-state index contributed by atoms with van der Waals surface area (Å²) in [7, 11) is 1.96. The van der Waals surface area contributed by atoms with E-state index in [1.807, 2.05) is 11.6 Å². The van der Waals surface area contributed by atoms with E-state index >= 15 is 0 Å². The van der Waals surface area contributed by atoms with Crippen LogP contribution < -0.4 is 5.73 Å². The highest BCUT2D eigenvalue weighted by Crippen LogP contribution is 2.19. The van der Waals surface area contributed by atoms with E-state index in [2.05, 4.69) is 31.0 Å². The van der Waals surface area contributed by atoms with Crippen LogP contribution in [-0.4, -0.2) is 14.8 Å². The molecular weight excluding hydrogens is 164 g/mol.